The maximum atomic E-state index is 12.0. The minimum atomic E-state index is -0.478. The predicted octanol–water partition coefficient (Wildman–Crippen LogP) is 1.82. The number of carbonyl (C=O) groups excluding carboxylic acids is 3. The van der Waals surface area contributed by atoms with Crippen molar-refractivity contribution in [3.05, 3.63) is 0 Å². The highest BCUT2D eigenvalue weighted by atomic mass is 16.6. The van der Waals surface area contributed by atoms with Gasteiger partial charge in [-0.1, -0.05) is 6.92 Å². The zero-order valence-corrected chi connectivity index (χ0v) is 20.9. The summed E-state index contributed by atoms with van der Waals surface area (Å²) in [5.74, 6) is -0.598. The molecule has 9 nitrogen and oxygen atoms in total. The second-order valence-electron chi connectivity index (χ2n) is 9.02. The van der Waals surface area contributed by atoms with Gasteiger partial charge in [-0.15, -0.1) is 0 Å². The van der Waals surface area contributed by atoms with Crippen molar-refractivity contribution in [3.63, 3.8) is 0 Å². The van der Waals surface area contributed by atoms with Gasteiger partial charge in [0.2, 0.25) is 5.91 Å². The molecule has 0 saturated heterocycles. The van der Waals surface area contributed by atoms with Crippen molar-refractivity contribution in [2.75, 3.05) is 66.8 Å². The first kappa shape index (κ1) is 30.4. The Bertz CT molecular complexity index is 533. The van der Waals surface area contributed by atoms with Gasteiger partial charge in [-0.3, -0.25) is 14.4 Å². The van der Waals surface area contributed by atoms with Crippen LogP contribution >= 0.6 is 0 Å². The Balaban J connectivity index is 3.50. The highest BCUT2D eigenvalue weighted by Crippen LogP contribution is 2.08. The van der Waals surface area contributed by atoms with Crippen LogP contribution < -0.4 is 5.32 Å². The molecule has 0 heterocycles. The lowest BCUT2D eigenvalue weighted by atomic mass is 10.0. The lowest BCUT2D eigenvalue weighted by Gasteiger charge is -2.19. The van der Waals surface area contributed by atoms with E-state index in [0.29, 0.717) is 59.0 Å². The van der Waals surface area contributed by atoms with Gasteiger partial charge >= 0.3 is 5.97 Å². The van der Waals surface area contributed by atoms with Gasteiger partial charge in [0.25, 0.3) is 0 Å². The van der Waals surface area contributed by atoms with Gasteiger partial charge in [0.05, 0.1) is 39.5 Å². The van der Waals surface area contributed by atoms with Gasteiger partial charge in [-0.05, 0) is 41.3 Å². The van der Waals surface area contributed by atoms with Crippen molar-refractivity contribution in [3.8, 4) is 0 Å². The smallest absolute Gasteiger partial charge is 0.308 e. The van der Waals surface area contributed by atoms with Crippen molar-refractivity contribution in [1.29, 1.82) is 0 Å². The van der Waals surface area contributed by atoms with Gasteiger partial charge < -0.3 is 29.2 Å². The van der Waals surface area contributed by atoms with E-state index < -0.39 is 5.60 Å². The van der Waals surface area contributed by atoms with Crippen LogP contribution in [0.25, 0.3) is 0 Å². The van der Waals surface area contributed by atoms with Crippen LogP contribution in [0.4, 0.5) is 0 Å². The fourth-order valence-corrected chi connectivity index (χ4v) is 2.57. The molecule has 1 amide bonds. The first-order valence-corrected chi connectivity index (χ1v) is 11.4. The summed E-state index contributed by atoms with van der Waals surface area (Å²) in [6.45, 7) is 11.1. The highest BCUT2D eigenvalue weighted by Gasteiger charge is 2.17. The van der Waals surface area contributed by atoms with Crippen LogP contribution in [-0.4, -0.2) is 95.0 Å². The number of ether oxygens (including phenoxy) is 4. The van der Waals surface area contributed by atoms with E-state index in [1.807, 2.05) is 39.8 Å². The molecular formula is C23H44N2O7. The van der Waals surface area contributed by atoms with Gasteiger partial charge in [0, 0.05) is 38.5 Å². The third-order valence-electron chi connectivity index (χ3n) is 4.20. The fourth-order valence-electron chi connectivity index (χ4n) is 2.57. The number of rotatable bonds is 19. The van der Waals surface area contributed by atoms with E-state index in [0.717, 1.165) is 6.54 Å². The lowest BCUT2D eigenvalue weighted by Crippen LogP contribution is -2.35. The van der Waals surface area contributed by atoms with Crippen molar-refractivity contribution in [1.82, 2.24) is 10.2 Å². The van der Waals surface area contributed by atoms with Crippen LogP contribution in [0.3, 0.4) is 0 Å². The summed E-state index contributed by atoms with van der Waals surface area (Å²) < 4.78 is 21.4. The van der Waals surface area contributed by atoms with Crippen LogP contribution in [0.2, 0.25) is 0 Å². The molecule has 0 aliphatic carbocycles. The standard InChI is InChI=1S/C23H44N2O7/c1-19(22(28)24-10-11-25(5)6)18-20(26)8-7-12-29-14-16-31-17-15-30-13-9-21(27)32-23(2,3)4/h19H,7-18H2,1-6H3,(H,24,28)/t19-/m1/s1. The second-order valence-corrected chi connectivity index (χ2v) is 9.02. The summed E-state index contributed by atoms with van der Waals surface area (Å²) >= 11 is 0. The number of hydrogen-bond donors (Lipinski definition) is 1. The molecule has 0 radical (unpaired) electrons. The van der Waals surface area contributed by atoms with Crippen molar-refractivity contribution in [2.24, 2.45) is 5.92 Å². The average Bonchev–Trinajstić information content (AvgIpc) is 2.66. The van der Waals surface area contributed by atoms with Crippen LogP contribution in [-0.2, 0) is 33.3 Å². The molecule has 1 N–H and O–H groups in total. The molecular weight excluding hydrogens is 416 g/mol. The summed E-state index contributed by atoms with van der Waals surface area (Å²) in [5.41, 5.74) is -0.478. The molecule has 0 rings (SSSR count). The summed E-state index contributed by atoms with van der Waals surface area (Å²) in [5, 5.41) is 2.84. The Kier molecular flexibility index (Phi) is 17.1. The summed E-state index contributed by atoms with van der Waals surface area (Å²) in [6.07, 6.45) is 1.51. The monoisotopic (exact) mass is 460 g/mol. The Morgan fingerprint density at radius 2 is 1.44 bits per heavy atom. The highest BCUT2D eigenvalue weighted by molar-refractivity contribution is 5.86. The first-order valence-electron chi connectivity index (χ1n) is 11.4. The molecule has 1 atom stereocenters. The molecule has 0 aromatic heterocycles. The van der Waals surface area contributed by atoms with E-state index in [9.17, 15) is 14.4 Å². The Morgan fingerprint density at radius 3 is 2.00 bits per heavy atom. The molecule has 0 spiro atoms. The van der Waals surface area contributed by atoms with Gasteiger partial charge in [0.1, 0.15) is 11.4 Å². The third kappa shape index (κ3) is 20.4. The molecule has 0 aromatic rings. The molecule has 9 heteroatoms. The van der Waals surface area contributed by atoms with E-state index in [1.165, 1.54) is 0 Å². The average molecular weight is 461 g/mol. The summed E-state index contributed by atoms with van der Waals surface area (Å²) in [6, 6.07) is 0. The SMILES string of the molecule is C[C@H](CC(=O)CCCOCCOCCOCCC(=O)OC(C)(C)C)C(=O)NCCN(C)C. The van der Waals surface area contributed by atoms with E-state index in [1.54, 1.807) is 6.92 Å². The number of nitrogens with zero attached hydrogens (tertiary/aromatic N) is 1. The second kappa shape index (κ2) is 17.9. The van der Waals surface area contributed by atoms with Crippen LogP contribution in [0.1, 0.15) is 53.4 Å². The van der Waals surface area contributed by atoms with Gasteiger partial charge in [-0.2, -0.15) is 0 Å². The molecule has 0 aliphatic heterocycles. The normalized spacial score (nSPS) is 12.6. The number of amides is 1. The maximum Gasteiger partial charge on any atom is 0.308 e. The van der Waals surface area contributed by atoms with Crippen molar-refractivity contribution >= 4 is 17.7 Å². The minimum Gasteiger partial charge on any atom is -0.460 e. The molecule has 0 fully saturated rings. The number of nitrogens with one attached hydrogen (secondary N) is 1. The minimum absolute atomic E-state index is 0.0728. The van der Waals surface area contributed by atoms with E-state index in [4.69, 9.17) is 18.9 Å². The van der Waals surface area contributed by atoms with E-state index in [2.05, 4.69) is 5.32 Å². The number of likely N-dealkylation sites (N-methyl/N-ethyl adjacent to an activating group) is 1. The van der Waals surface area contributed by atoms with E-state index in [-0.39, 0.29) is 36.4 Å². The molecule has 0 saturated carbocycles. The predicted molar refractivity (Wildman–Crippen MR) is 123 cm³/mol. The zero-order chi connectivity index (χ0) is 24.4. The summed E-state index contributed by atoms with van der Waals surface area (Å²) in [4.78, 5) is 37.5. The fraction of sp³-hybridized carbons (Fsp3) is 0.870. The molecule has 188 valence electrons. The molecule has 0 aromatic carbocycles. The van der Waals surface area contributed by atoms with Gasteiger partial charge in [0.15, 0.2) is 0 Å². The van der Waals surface area contributed by atoms with Crippen LogP contribution in [0, 0.1) is 5.92 Å². The number of esters is 1. The molecule has 0 unspecified atom stereocenters. The Morgan fingerprint density at radius 1 is 0.875 bits per heavy atom. The number of ketones is 1. The molecule has 0 bridgehead atoms. The lowest BCUT2D eigenvalue weighted by molar-refractivity contribution is -0.156. The topological polar surface area (TPSA) is 103 Å². The maximum absolute atomic E-state index is 12.0. The third-order valence-corrected chi connectivity index (χ3v) is 4.20. The van der Waals surface area contributed by atoms with E-state index >= 15 is 0 Å². The Labute approximate surface area is 193 Å². The largest absolute Gasteiger partial charge is 0.460 e. The molecule has 0 aliphatic rings. The Hall–Kier alpha value is -1.55. The quantitative estimate of drug-likeness (QED) is 0.230. The molecule has 32 heavy (non-hydrogen) atoms. The summed E-state index contributed by atoms with van der Waals surface area (Å²) in [7, 11) is 3.89. The van der Waals surface area contributed by atoms with Gasteiger partial charge in [-0.25, -0.2) is 0 Å². The van der Waals surface area contributed by atoms with Crippen molar-refractivity contribution < 1.29 is 33.3 Å². The zero-order valence-electron chi connectivity index (χ0n) is 20.9. The first-order chi connectivity index (χ1) is 15.0. The van der Waals surface area contributed by atoms with Crippen LogP contribution in [0.15, 0.2) is 0 Å². The van der Waals surface area contributed by atoms with Crippen molar-refractivity contribution in [2.45, 2.75) is 59.0 Å². The number of carbonyl (C=O) groups is 3. The number of hydrogen-bond acceptors (Lipinski definition) is 8. The number of Topliss-reactive ketones (excluding diaryl/α,β-unsaturated/α-hetero) is 1. The van der Waals surface area contributed by atoms with Crippen LogP contribution in [0.5, 0.6) is 0 Å².